The van der Waals surface area contributed by atoms with Gasteiger partial charge < -0.3 is 11.1 Å². The summed E-state index contributed by atoms with van der Waals surface area (Å²) in [5.74, 6) is 2.06. The molecule has 3 N–H and O–H groups in total. The van der Waals surface area contributed by atoms with E-state index >= 15 is 0 Å². The van der Waals surface area contributed by atoms with Crippen LogP contribution in [0.15, 0.2) is 59.0 Å². The van der Waals surface area contributed by atoms with Crippen molar-refractivity contribution in [3.8, 4) is 0 Å². The number of aromatic nitrogens is 1. The van der Waals surface area contributed by atoms with E-state index in [-0.39, 0.29) is 0 Å². The third kappa shape index (κ3) is 7.02. The Hall–Kier alpha value is -1.57. The Kier molecular flexibility index (Phi) is 7.92. The van der Waals surface area contributed by atoms with Crippen molar-refractivity contribution in [2.75, 3.05) is 29.9 Å². The molecule has 0 saturated carbocycles. The van der Waals surface area contributed by atoms with Crippen molar-refractivity contribution in [2.45, 2.75) is 0 Å². The van der Waals surface area contributed by atoms with Crippen LogP contribution < -0.4 is 15.6 Å². The van der Waals surface area contributed by atoms with E-state index in [2.05, 4.69) is 15.5 Å². The van der Waals surface area contributed by atoms with E-state index in [0.29, 0.717) is 0 Å². The summed E-state index contributed by atoms with van der Waals surface area (Å²) in [6, 6.07) is 11.8. The number of hydrogen-bond acceptors (Lipinski definition) is 6. The summed E-state index contributed by atoms with van der Waals surface area (Å²) in [5, 5.41) is 11.9. The second-order valence-electron chi connectivity index (χ2n) is 4.83. The number of hydrogen-bond donors (Lipinski definition) is 2. The summed E-state index contributed by atoms with van der Waals surface area (Å²) < 4.78 is 1.96. The van der Waals surface area contributed by atoms with Crippen LogP contribution in [0.1, 0.15) is 0 Å². The Bertz CT molecular complexity index is 599. The normalized spacial score (nSPS) is 11.0. The fraction of sp³-hybridized carbons (Fsp3) is 0.312. The number of nitrogens with zero attached hydrogens (tertiary/aromatic N) is 3. The van der Waals surface area contributed by atoms with Crippen molar-refractivity contribution in [1.29, 1.82) is 0 Å². The summed E-state index contributed by atoms with van der Waals surface area (Å²) in [6.07, 6.45) is 3.90. The minimum Gasteiger partial charge on any atom is -0.384 e. The smallest absolute Gasteiger partial charge is 0.170 e. The average molecular weight is 349 g/mol. The topological polar surface area (TPSA) is 66.6 Å². The number of pyridine rings is 1. The third-order valence-electron chi connectivity index (χ3n) is 2.91. The van der Waals surface area contributed by atoms with Gasteiger partial charge in [-0.1, -0.05) is 21.6 Å². The number of anilines is 1. The van der Waals surface area contributed by atoms with Crippen LogP contribution in [0.3, 0.4) is 0 Å². The molecule has 1 aromatic heterocycles. The molecule has 0 amide bonds. The van der Waals surface area contributed by atoms with Gasteiger partial charge in [-0.25, -0.2) is 4.57 Å². The molecule has 0 radical (unpaired) electrons. The number of rotatable bonds is 9. The fourth-order valence-electron chi connectivity index (χ4n) is 1.72. The molecule has 0 atom stereocenters. The zero-order valence-corrected chi connectivity index (χ0v) is 14.8. The van der Waals surface area contributed by atoms with Gasteiger partial charge in [0.2, 0.25) is 0 Å². The first-order valence-electron chi connectivity index (χ1n) is 7.43. The number of nitrogens with two attached hydrogens (primary N) is 1. The van der Waals surface area contributed by atoms with E-state index in [1.807, 2.05) is 82.0 Å². The number of benzene rings is 1. The van der Waals surface area contributed by atoms with Gasteiger partial charge >= 0.3 is 0 Å². The van der Waals surface area contributed by atoms with Crippen molar-refractivity contribution in [2.24, 2.45) is 23.0 Å². The van der Waals surface area contributed by atoms with Crippen molar-refractivity contribution < 1.29 is 4.57 Å². The predicted octanol–water partition coefficient (Wildman–Crippen LogP) is 3.68. The second kappa shape index (κ2) is 10.3. The molecule has 5 nitrogen and oxygen atoms in total. The van der Waals surface area contributed by atoms with Crippen LogP contribution in [-0.2, 0) is 7.05 Å². The summed E-state index contributed by atoms with van der Waals surface area (Å²) in [7, 11) is 5.64. The molecule has 1 aromatic carbocycles. The first-order chi connectivity index (χ1) is 11.3. The van der Waals surface area contributed by atoms with E-state index in [0.717, 1.165) is 41.7 Å². The lowest BCUT2D eigenvalue weighted by molar-refractivity contribution is -0.671. The highest BCUT2D eigenvalue weighted by Gasteiger charge is 1.96. The molecule has 0 unspecified atom stereocenters. The quantitative estimate of drug-likeness (QED) is 0.314. The summed E-state index contributed by atoms with van der Waals surface area (Å²) in [5.41, 5.74) is 8.24. The van der Waals surface area contributed by atoms with E-state index < -0.39 is 0 Å². The Morgan fingerprint density at radius 3 is 2.22 bits per heavy atom. The van der Waals surface area contributed by atoms with Crippen molar-refractivity contribution in [1.82, 2.24) is 0 Å². The molecule has 7 heteroatoms. The minimum absolute atomic E-state index is 0.739. The molecule has 0 aliphatic heterocycles. The van der Waals surface area contributed by atoms with Crippen LogP contribution in [-0.4, -0.2) is 24.6 Å². The molecular weight excluding hydrogens is 326 g/mol. The van der Waals surface area contributed by atoms with Crippen LogP contribution in [0.2, 0.25) is 0 Å². The highest BCUT2D eigenvalue weighted by molar-refractivity contribution is 8.76. The molecule has 0 bridgehead atoms. The van der Waals surface area contributed by atoms with Crippen molar-refractivity contribution in [3.63, 3.8) is 0 Å². The van der Waals surface area contributed by atoms with Gasteiger partial charge in [0.25, 0.3) is 0 Å². The van der Waals surface area contributed by atoms with Gasteiger partial charge in [-0.15, -0.1) is 0 Å². The Morgan fingerprint density at radius 1 is 0.957 bits per heavy atom. The number of azo groups is 1. The number of nitrogens with one attached hydrogen (secondary N) is 1. The molecule has 122 valence electrons. The molecule has 0 saturated heterocycles. The molecule has 0 aliphatic carbocycles. The molecular formula is C16H22N5S2+. The molecule has 1 heterocycles. The lowest BCUT2D eigenvalue weighted by atomic mass is 10.3. The molecule has 0 fully saturated rings. The first kappa shape index (κ1) is 17.8. The van der Waals surface area contributed by atoms with E-state index in [9.17, 15) is 0 Å². The third-order valence-corrected chi connectivity index (χ3v) is 5.35. The van der Waals surface area contributed by atoms with Gasteiger partial charge in [-0.2, -0.15) is 10.2 Å². The SMILES string of the molecule is C[n+]1ccc(N=Nc2ccc(NCCSSCCN)cc2)cc1. The van der Waals surface area contributed by atoms with Gasteiger partial charge in [0.05, 0.1) is 11.4 Å². The maximum atomic E-state index is 5.45. The highest BCUT2D eigenvalue weighted by atomic mass is 33.1. The molecule has 2 rings (SSSR count). The fourth-order valence-corrected chi connectivity index (χ4v) is 3.49. The highest BCUT2D eigenvalue weighted by Crippen LogP contribution is 2.21. The van der Waals surface area contributed by atoms with Crippen LogP contribution in [0.5, 0.6) is 0 Å². The maximum Gasteiger partial charge on any atom is 0.170 e. The van der Waals surface area contributed by atoms with E-state index in [1.165, 1.54) is 0 Å². The Balaban J connectivity index is 1.76. The van der Waals surface area contributed by atoms with Crippen LogP contribution in [0.4, 0.5) is 17.1 Å². The standard InChI is InChI=1S/C16H21N5S2/c1-21-10-6-16(7-11-21)20-19-15-4-2-14(3-5-15)18-9-13-23-22-12-8-17/h2-7,10-11H,8-9,12-13,17H2,1H3/p+1. The molecule has 0 aliphatic rings. The first-order valence-corrected chi connectivity index (χ1v) is 9.92. The van der Waals surface area contributed by atoms with Gasteiger partial charge in [-0.3, -0.25) is 0 Å². The van der Waals surface area contributed by atoms with E-state index in [4.69, 9.17) is 5.73 Å². The summed E-state index contributed by atoms with van der Waals surface area (Å²) in [6.45, 7) is 1.67. The average Bonchev–Trinajstić information content (AvgIpc) is 2.58. The van der Waals surface area contributed by atoms with Crippen molar-refractivity contribution in [3.05, 3.63) is 48.8 Å². The zero-order chi connectivity index (χ0) is 16.3. The Labute approximate surface area is 145 Å². The second-order valence-corrected chi connectivity index (χ2v) is 7.53. The minimum atomic E-state index is 0.739. The maximum absolute atomic E-state index is 5.45. The number of aryl methyl sites for hydroxylation is 1. The Morgan fingerprint density at radius 2 is 1.57 bits per heavy atom. The zero-order valence-electron chi connectivity index (χ0n) is 13.2. The van der Waals surface area contributed by atoms with Gasteiger partial charge in [-0.05, 0) is 24.3 Å². The summed E-state index contributed by atoms with van der Waals surface area (Å²) in [4.78, 5) is 0. The van der Waals surface area contributed by atoms with Gasteiger partial charge in [0.1, 0.15) is 7.05 Å². The van der Waals surface area contributed by atoms with Crippen LogP contribution in [0.25, 0.3) is 0 Å². The van der Waals surface area contributed by atoms with Crippen LogP contribution >= 0.6 is 21.6 Å². The van der Waals surface area contributed by atoms with Crippen molar-refractivity contribution >= 4 is 38.6 Å². The van der Waals surface area contributed by atoms with Crippen LogP contribution in [0, 0.1) is 0 Å². The van der Waals surface area contributed by atoms with E-state index in [1.54, 1.807) is 0 Å². The molecule has 0 spiro atoms. The summed E-state index contributed by atoms with van der Waals surface area (Å²) >= 11 is 0. The van der Waals surface area contributed by atoms with Gasteiger partial charge in [0, 0.05) is 42.4 Å². The van der Waals surface area contributed by atoms with Gasteiger partial charge in [0.15, 0.2) is 12.4 Å². The lowest BCUT2D eigenvalue weighted by Gasteiger charge is -2.05. The predicted molar refractivity (Wildman–Crippen MR) is 101 cm³/mol. The lowest BCUT2D eigenvalue weighted by Crippen LogP contribution is -2.25. The molecule has 2 aromatic rings. The largest absolute Gasteiger partial charge is 0.384 e. The monoisotopic (exact) mass is 348 g/mol. The molecule has 23 heavy (non-hydrogen) atoms.